The van der Waals surface area contributed by atoms with Crippen LogP contribution in [-0.2, 0) is 6.54 Å². The molecule has 0 radical (unpaired) electrons. The third kappa shape index (κ3) is 5.04. The molecule has 0 fully saturated rings. The summed E-state index contributed by atoms with van der Waals surface area (Å²) in [6, 6.07) is 26.8. The minimum Gasteiger partial charge on any atom is -0.340 e. The van der Waals surface area contributed by atoms with E-state index in [2.05, 4.69) is 127 Å². The summed E-state index contributed by atoms with van der Waals surface area (Å²) >= 11 is 7.26. The van der Waals surface area contributed by atoms with Crippen molar-refractivity contribution >= 4 is 61.5 Å². The molecule has 222 valence electrons. The van der Waals surface area contributed by atoms with Crippen molar-refractivity contribution in [1.29, 1.82) is 0 Å². The maximum atomic E-state index is 7.26. The second kappa shape index (κ2) is 12.3. The molecule has 2 aliphatic rings. The van der Waals surface area contributed by atoms with Gasteiger partial charge in [-0.3, -0.25) is 0 Å². The maximum absolute atomic E-state index is 7.26. The molecule has 0 spiro atoms. The molecule has 4 aromatic carbocycles. The molecule has 7 rings (SSSR count). The van der Waals surface area contributed by atoms with Crippen molar-refractivity contribution in [2.24, 2.45) is 5.92 Å². The van der Waals surface area contributed by atoms with Crippen molar-refractivity contribution in [3.63, 3.8) is 0 Å². The zero-order valence-corrected chi connectivity index (χ0v) is 27.0. The number of hydrogen-bond acceptors (Lipinski definition) is 0. The molecule has 5 aromatic rings. The lowest BCUT2D eigenvalue weighted by atomic mass is 9.86. The standard InChI is InChI=1S/C41H42ClN2/c1-4-6-24-43-35(33-16-8-12-29-14-10-18-37(43)39(29)33)22-20-31-26-28(3)27-32(41(31)42)21-23-36-34-17-9-13-30-15-11-19-38(40(30)34)44(36)25-7-5-2/h8-23,28H,4-7,24-27H2,1-3H3/q+1. The highest BCUT2D eigenvalue weighted by atomic mass is 35.5. The predicted octanol–water partition coefficient (Wildman–Crippen LogP) is 10.6. The first-order chi connectivity index (χ1) is 21.6. The number of unbranched alkanes of at least 4 members (excludes halogenated alkanes) is 2. The summed E-state index contributed by atoms with van der Waals surface area (Å²) in [5, 5.41) is 8.89. The molecule has 0 amide bonds. The van der Waals surface area contributed by atoms with Crippen molar-refractivity contribution < 1.29 is 4.58 Å². The number of hydrogen-bond donors (Lipinski definition) is 0. The molecule has 3 heteroatoms. The van der Waals surface area contributed by atoms with Crippen LogP contribution in [-0.4, -0.2) is 21.4 Å². The van der Waals surface area contributed by atoms with Gasteiger partial charge in [0.25, 0.3) is 0 Å². The van der Waals surface area contributed by atoms with Gasteiger partial charge in [0.1, 0.15) is 6.54 Å². The lowest BCUT2D eigenvalue weighted by molar-refractivity contribution is -0.436. The van der Waals surface area contributed by atoms with Crippen molar-refractivity contribution in [2.45, 2.75) is 65.8 Å². The third-order valence-corrected chi connectivity index (χ3v) is 10.0. The molecule has 1 unspecified atom stereocenters. The first-order valence-corrected chi connectivity index (χ1v) is 16.9. The number of nitrogens with zero attached hydrogens (tertiary/aromatic N) is 2. The average molecular weight is 598 g/mol. The molecule has 2 heterocycles. The summed E-state index contributed by atoms with van der Waals surface area (Å²) in [4.78, 5) is 0. The van der Waals surface area contributed by atoms with Crippen LogP contribution in [0.5, 0.6) is 0 Å². The smallest absolute Gasteiger partial charge is 0.214 e. The van der Waals surface area contributed by atoms with Gasteiger partial charge in [-0.25, -0.2) is 0 Å². The predicted molar refractivity (Wildman–Crippen MR) is 190 cm³/mol. The lowest BCUT2D eigenvalue weighted by Crippen LogP contribution is -2.16. The van der Waals surface area contributed by atoms with Crippen LogP contribution in [0.1, 0.15) is 64.9 Å². The van der Waals surface area contributed by atoms with Gasteiger partial charge in [0.2, 0.25) is 11.4 Å². The van der Waals surface area contributed by atoms with E-state index in [0.717, 1.165) is 43.8 Å². The second-order valence-electron chi connectivity index (χ2n) is 12.7. The fraction of sp³-hybridized carbons (Fsp3) is 0.293. The minimum atomic E-state index is 0.535. The summed E-state index contributed by atoms with van der Waals surface area (Å²) in [7, 11) is 0. The van der Waals surface area contributed by atoms with E-state index in [1.54, 1.807) is 0 Å². The molecule has 0 bridgehead atoms. The van der Waals surface area contributed by atoms with E-state index in [1.807, 2.05) is 0 Å². The number of benzene rings is 4. The van der Waals surface area contributed by atoms with Gasteiger partial charge >= 0.3 is 0 Å². The third-order valence-electron chi connectivity index (χ3n) is 9.54. The summed E-state index contributed by atoms with van der Waals surface area (Å²) in [5.74, 6) is 0.535. The van der Waals surface area contributed by atoms with E-state index in [0.29, 0.717) is 5.92 Å². The fourth-order valence-corrected chi connectivity index (χ4v) is 7.67. The molecule has 44 heavy (non-hydrogen) atoms. The van der Waals surface area contributed by atoms with Crippen LogP contribution in [0.2, 0.25) is 0 Å². The molecule has 1 aliphatic heterocycles. The molecule has 0 saturated heterocycles. The summed E-state index contributed by atoms with van der Waals surface area (Å²) in [5.41, 5.74) is 7.75. The Hall–Kier alpha value is -3.88. The van der Waals surface area contributed by atoms with E-state index < -0.39 is 0 Å². The highest BCUT2D eigenvalue weighted by molar-refractivity contribution is 6.32. The van der Waals surface area contributed by atoms with E-state index in [-0.39, 0.29) is 0 Å². The zero-order valence-electron chi connectivity index (χ0n) is 26.2. The molecule has 1 aromatic heterocycles. The van der Waals surface area contributed by atoms with Crippen molar-refractivity contribution in [3.8, 4) is 0 Å². The number of aromatic nitrogens is 1. The molecule has 1 aliphatic carbocycles. The number of halogens is 1. The summed E-state index contributed by atoms with van der Waals surface area (Å²) in [6.07, 6.45) is 15.9. The lowest BCUT2D eigenvalue weighted by Gasteiger charge is -2.22. The summed E-state index contributed by atoms with van der Waals surface area (Å²) in [6.45, 7) is 8.93. The van der Waals surface area contributed by atoms with Gasteiger partial charge < -0.3 is 4.57 Å². The van der Waals surface area contributed by atoms with Gasteiger partial charge in [-0.05, 0) is 65.3 Å². The Balaban J connectivity index is 1.31. The molecule has 1 atom stereocenters. The van der Waals surface area contributed by atoms with E-state index in [4.69, 9.17) is 11.6 Å². The highest BCUT2D eigenvalue weighted by Crippen LogP contribution is 2.39. The second-order valence-corrected chi connectivity index (χ2v) is 13.1. The topological polar surface area (TPSA) is 7.94 Å². The molecular formula is C41H42ClN2+. The first-order valence-electron chi connectivity index (χ1n) is 16.5. The van der Waals surface area contributed by atoms with Crippen molar-refractivity contribution in [2.75, 3.05) is 6.54 Å². The van der Waals surface area contributed by atoms with Crippen molar-refractivity contribution in [3.05, 3.63) is 118 Å². The normalized spacial score (nSPS) is 18.5. The maximum Gasteiger partial charge on any atom is 0.214 e. The van der Waals surface area contributed by atoms with E-state index >= 15 is 0 Å². The van der Waals surface area contributed by atoms with Crippen LogP contribution in [0.4, 0.5) is 5.69 Å². The van der Waals surface area contributed by atoms with Crippen LogP contribution in [0.15, 0.2) is 107 Å². The van der Waals surface area contributed by atoms with Gasteiger partial charge in [0.05, 0.1) is 10.9 Å². The number of rotatable bonds is 9. The Kier molecular flexibility index (Phi) is 8.04. The number of allylic oxidation sites excluding steroid dienone is 6. The molecule has 0 saturated carbocycles. The summed E-state index contributed by atoms with van der Waals surface area (Å²) < 4.78 is 5.03. The Morgan fingerprint density at radius 2 is 1.55 bits per heavy atom. The molecule has 2 nitrogen and oxygen atoms in total. The molecule has 0 N–H and O–H groups in total. The Morgan fingerprint density at radius 1 is 0.818 bits per heavy atom. The monoisotopic (exact) mass is 597 g/mol. The quantitative estimate of drug-likeness (QED) is 0.149. The van der Waals surface area contributed by atoms with Crippen LogP contribution >= 0.6 is 11.6 Å². The molecular weight excluding hydrogens is 556 g/mol. The van der Waals surface area contributed by atoms with Crippen LogP contribution in [0, 0.1) is 5.92 Å². The van der Waals surface area contributed by atoms with Crippen LogP contribution < -0.4 is 5.35 Å². The van der Waals surface area contributed by atoms with E-state index in [9.17, 15) is 0 Å². The van der Waals surface area contributed by atoms with Gasteiger partial charge in [0, 0.05) is 51.8 Å². The van der Waals surface area contributed by atoms with Crippen LogP contribution in [0.3, 0.4) is 0 Å². The van der Waals surface area contributed by atoms with Gasteiger partial charge in [-0.2, -0.15) is 4.58 Å². The Morgan fingerprint density at radius 3 is 2.34 bits per heavy atom. The fourth-order valence-electron chi connectivity index (χ4n) is 7.39. The van der Waals surface area contributed by atoms with Gasteiger partial charge in [-0.15, -0.1) is 0 Å². The van der Waals surface area contributed by atoms with Crippen LogP contribution in [0.25, 0.3) is 38.5 Å². The largest absolute Gasteiger partial charge is 0.340 e. The van der Waals surface area contributed by atoms with Gasteiger partial charge in [-0.1, -0.05) is 112 Å². The number of aryl methyl sites for hydroxylation is 1. The average Bonchev–Trinajstić information content (AvgIpc) is 3.52. The Labute approximate surface area is 266 Å². The first kappa shape index (κ1) is 28.9. The zero-order chi connectivity index (χ0) is 30.2. The Bertz CT molecular complexity index is 2060. The van der Waals surface area contributed by atoms with Crippen molar-refractivity contribution in [1.82, 2.24) is 4.57 Å². The van der Waals surface area contributed by atoms with Gasteiger partial charge in [0.15, 0.2) is 0 Å². The minimum absolute atomic E-state index is 0.535. The SMILES string of the molecule is CCCCn1/c(=C\C=C2/CC(C)CC(/C=C/C3=[N+](CCCC)c4cccc5cccc3c45)=C2Cl)c2cccc3cccc1c32. The highest BCUT2D eigenvalue weighted by Gasteiger charge is 2.30. The van der Waals surface area contributed by atoms with E-state index in [1.165, 1.54) is 78.7 Å².